The Bertz CT molecular complexity index is 3310. The number of benzene rings is 6. The molecule has 0 bridgehead atoms. The molecule has 6 aromatic rings. The molecule has 0 aromatic heterocycles. The number of nitrogens with one attached hydrogen (secondary N) is 3. The normalized spacial score (nSPS) is 17.5. The predicted molar refractivity (Wildman–Crippen MR) is 264 cm³/mol. The fraction of sp³-hybridized carbons (Fsp3) is 0.283. The van der Waals surface area contributed by atoms with Crippen LogP contribution in [0.3, 0.4) is 0 Å². The number of amides is 3. The van der Waals surface area contributed by atoms with Crippen LogP contribution >= 0.6 is 23.2 Å². The first-order valence-corrected chi connectivity index (χ1v) is 23.8. The fourth-order valence-corrected chi connectivity index (χ4v) is 9.17. The van der Waals surface area contributed by atoms with E-state index in [0.717, 1.165) is 6.07 Å². The second kappa shape index (κ2) is 22.1. The van der Waals surface area contributed by atoms with Crippen molar-refractivity contribution >= 4 is 79.7 Å². The Balaban J connectivity index is 0.000000221. The zero-order valence-corrected chi connectivity index (χ0v) is 41.7. The maximum atomic E-state index is 14.4. The highest BCUT2D eigenvalue weighted by molar-refractivity contribution is 6.31. The van der Waals surface area contributed by atoms with Gasteiger partial charge in [0.15, 0.2) is 17.2 Å². The molecule has 76 heavy (non-hydrogen) atoms. The van der Waals surface area contributed by atoms with Crippen LogP contribution in [0.2, 0.25) is 10.0 Å². The number of hydrogen-bond acceptors (Lipinski definition) is 8. The zero-order chi connectivity index (χ0) is 55.5. The van der Waals surface area contributed by atoms with E-state index in [1.807, 2.05) is 0 Å². The van der Waals surface area contributed by atoms with Gasteiger partial charge >= 0.3 is 18.5 Å². The summed E-state index contributed by atoms with van der Waals surface area (Å²) in [6.45, 7) is 3.18. The first-order valence-electron chi connectivity index (χ1n) is 23.0. The van der Waals surface area contributed by atoms with Gasteiger partial charge in [-0.2, -0.15) is 39.5 Å². The summed E-state index contributed by atoms with van der Waals surface area (Å²) < 4.78 is 134. The molecular weight excluding hydrogens is 1060 g/mol. The molecule has 6 aromatic carbocycles. The third-order valence-corrected chi connectivity index (χ3v) is 12.9. The van der Waals surface area contributed by atoms with Crippen LogP contribution < -0.4 is 16.0 Å². The Hall–Kier alpha value is -7.26. The molecule has 2 heterocycles. The van der Waals surface area contributed by atoms with Crippen LogP contribution in [0, 0.1) is 12.7 Å². The summed E-state index contributed by atoms with van der Waals surface area (Å²) in [5.41, 5.74) is -3.37. The SMILES string of the molecule is CCNC(=O)CCC(=O)c1ccc(C2=NOC(C)(c3cc(Cl)c(F)c(C(F)(F)F)c3)C2)c2ccccc12.Cc1cc(Cl)cc(C2(C(F)(F)F)CC(c3ccc(C(=O)NCC(=O)NCC(F)(F)F)c4ccccc34)=NO2)c1. The summed E-state index contributed by atoms with van der Waals surface area (Å²) in [5, 5.41) is 16.0. The van der Waals surface area contributed by atoms with Crippen LogP contribution in [0.1, 0.15) is 93.6 Å². The van der Waals surface area contributed by atoms with Gasteiger partial charge in [-0.1, -0.05) is 106 Å². The molecule has 3 N–H and O–H groups in total. The van der Waals surface area contributed by atoms with Crippen LogP contribution in [-0.2, 0) is 36.6 Å². The molecule has 2 atom stereocenters. The monoisotopic (exact) mass is 1110 g/mol. The number of Topliss-reactive ketones (excluding diaryl/α,β-unsaturated/α-hetero) is 1. The van der Waals surface area contributed by atoms with E-state index >= 15 is 0 Å². The molecule has 3 amide bonds. The number of oxime groups is 2. The number of ketones is 1. The highest BCUT2D eigenvalue weighted by atomic mass is 35.5. The minimum atomic E-state index is -4.93. The molecule has 0 fully saturated rings. The van der Waals surface area contributed by atoms with Crippen LogP contribution in [0.5, 0.6) is 0 Å². The van der Waals surface area contributed by atoms with Crippen molar-refractivity contribution in [2.24, 2.45) is 10.3 Å². The lowest BCUT2D eigenvalue weighted by molar-refractivity contribution is -0.275. The second-order valence-electron chi connectivity index (χ2n) is 17.9. The molecular formula is C53H43Cl2F10N5O6. The first-order chi connectivity index (χ1) is 35.6. The molecule has 8 rings (SSSR count). The number of aryl methyl sites for hydroxylation is 1. The van der Waals surface area contributed by atoms with Crippen molar-refractivity contribution in [3.63, 3.8) is 0 Å². The smallest absolute Gasteiger partial charge is 0.384 e. The van der Waals surface area contributed by atoms with Gasteiger partial charge in [-0.25, -0.2) is 4.39 Å². The van der Waals surface area contributed by atoms with E-state index in [2.05, 4.69) is 20.9 Å². The van der Waals surface area contributed by atoms with Gasteiger partial charge in [-0.15, -0.1) is 0 Å². The predicted octanol–water partition coefficient (Wildman–Crippen LogP) is 12.6. The highest BCUT2D eigenvalue weighted by Crippen LogP contribution is 2.50. The Morgan fingerprint density at radius 1 is 0.658 bits per heavy atom. The maximum absolute atomic E-state index is 14.4. The molecule has 0 radical (unpaired) electrons. The molecule has 2 aliphatic rings. The summed E-state index contributed by atoms with van der Waals surface area (Å²) >= 11 is 11.8. The van der Waals surface area contributed by atoms with Crippen molar-refractivity contribution in [2.75, 3.05) is 19.6 Å². The number of halogens is 12. The number of nitrogens with zero attached hydrogens (tertiary/aromatic N) is 2. The number of hydrogen-bond donors (Lipinski definition) is 3. The highest BCUT2D eigenvalue weighted by Gasteiger charge is 2.62. The van der Waals surface area contributed by atoms with E-state index in [1.54, 1.807) is 86.8 Å². The Labute approximate surface area is 436 Å². The summed E-state index contributed by atoms with van der Waals surface area (Å²) in [5.74, 6) is -3.74. The van der Waals surface area contributed by atoms with Crippen molar-refractivity contribution in [1.29, 1.82) is 0 Å². The fourth-order valence-electron chi connectivity index (χ4n) is 8.66. The van der Waals surface area contributed by atoms with Gasteiger partial charge in [0.2, 0.25) is 11.8 Å². The molecule has 0 spiro atoms. The topological polar surface area (TPSA) is 148 Å². The van der Waals surface area contributed by atoms with E-state index in [1.165, 1.54) is 30.3 Å². The third-order valence-electron chi connectivity index (χ3n) is 12.4. The molecule has 0 saturated carbocycles. The number of carbonyl (C=O) groups excluding carboxylic acids is 4. The molecule has 23 heteroatoms. The van der Waals surface area contributed by atoms with E-state index in [-0.39, 0.29) is 63.9 Å². The van der Waals surface area contributed by atoms with Gasteiger partial charge in [-0.3, -0.25) is 19.2 Å². The van der Waals surface area contributed by atoms with Gasteiger partial charge in [0.25, 0.3) is 11.5 Å². The van der Waals surface area contributed by atoms with Gasteiger partial charge in [0.05, 0.1) is 28.6 Å². The molecule has 0 saturated heterocycles. The standard InChI is InChI=1S/C27H23ClF4N2O3.C26H20ClF6N3O3/c1-3-33-24(36)11-10-23(35)19-9-8-18(16-6-4-5-7-17(16)19)22-14-26(2,37-34-22)15-12-20(27(30,31)32)25(29)21(28)13-15;1-14-8-15(10-16(27)9-14)24(26(31,32)33)11-21(36-39-24)19-6-7-20(18-5-3-2-4-17(18)19)23(38)34-12-22(37)35-13-25(28,29)30/h4-9,12-13H,3,10-11,14H2,1-2H3,(H,33,36);2-10H,11-13H2,1H3,(H,34,38)(H,35,37). The van der Waals surface area contributed by atoms with E-state index < -0.39 is 77.5 Å². The van der Waals surface area contributed by atoms with E-state index in [0.29, 0.717) is 56.6 Å². The lowest BCUT2D eigenvalue weighted by atomic mass is 9.84. The average Bonchev–Trinajstić information content (AvgIpc) is 4.00. The van der Waals surface area contributed by atoms with Gasteiger partial charge in [-0.05, 0) is 78.2 Å². The minimum Gasteiger partial charge on any atom is -0.384 e. The average molecular weight is 1110 g/mol. The van der Waals surface area contributed by atoms with Crippen molar-refractivity contribution in [2.45, 2.75) is 76.2 Å². The summed E-state index contributed by atoms with van der Waals surface area (Å²) in [7, 11) is 0. The number of alkyl halides is 9. The quantitative estimate of drug-likeness (QED) is 0.0775. The lowest BCUT2D eigenvalue weighted by Gasteiger charge is -2.30. The molecule has 400 valence electrons. The maximum Gasteiger partial charge on any atom is 0.435 e. The van der Waals surface area contributed by atoms with E-state index in [4.69, 9.17) is 32.9 Å². The van der Waals surface area contributed by atoms with Crippen molar-refractivity contribution in [1.82, 2.24) is 16.0 Å². The van der Waals surface area contributed by atoms with E-state index in [9.17, 15) is 63.1 Å². The third kappa shape index (κ3) is 12.4. The number of rotatable bonds is 13. The van der Waals surface area contributed by atoms with Crippen molar-refractivity contribution < 1.29 is 72.8 Å². The molecule has 2 aliphatic heterocycles. The minimum absolute atomic E-state index is 0.0142. The van der Waals surface area contributed by atoms with Gasteiger partial charge in [0.1, 0.15) is 6.54 Å². The van der Waals surface area contributed by atoms with Crippen LogP contribution in [0.25, 0.3) is 21.5 Å². The van der Waals surface area contributed by atoms with Crippen LogP contribution in [-0.4, -0.2) is 66.9 Å². The van der Waals surface area contributed by atoms with Crippen LogP contribution in [0.15, 0.2) is 113 Å². The molecule has 0 aliphatic carbocycles. The Morgan fingerprint density at radius 3 is 1.82 bits per heavy atom. The lowest BCUT2D eigenvalue weighted by Crippen LogP contribution is -2.42. The van der Waals surface area contributed by atoms with Gasteiger partial charge in [0, 0.05) is 70.6 Å². The second-order valence-corrected chi connectivity index (χ2v) is 18.7. The number of carbonyl (C=O) groups is 4. The Kier molecular flexibility index (Phi) is 16.4. The van der Waals surface area contributed by atoms with Gasteiger partial charge < -0.3 is 25.6 Å². The largest absolute Gasteiger partial charge is 0.435 e. The first kappa shape index (κ1) is 56.5. The number of fused-ring (bicyclic) bond motifs is 2. The Morgan fingerprint density at radius 2 is 1.24 bits per heavy atom. The zero-order valence-electron chi connectivity index (χ0n) is 40.1. The summed E-state index contributed by atoms with van der Waals surface area (Å²) in [6.07, 6.45) is -14.8. The van der Waals surface area contributed by atoms with Crippen molar-refractivity contribution in [3.8, 4) is 0 Å². The van der Waals surface area contributed by atoms with Crippen molar-refractivity contribution in [3.05, 3.63) is 163 Å². The molecule has 2 unspecified atom stereocenters. The summed E-state index contributed by atoms with van der Waals surface area (Å²) in [4.78, 5) is 59.8. The summed E-state index contributed by atoms with van der Waals surface area (Å²) in [6, 6.07) is 25.4. The van der Waals surface area contributed by atoms with Crippen LogP contribution in [0.4, 0.5) is 43.9 Å². The molecule has 11 nitrogen and oxygen atoms in total.